The van der Waals surface area contributed by atoms with Crippen LogP contribution in [-0.4, -0.2) is 49.0 Å². The molecule has 5 heteroatoms. The first kappa shape index (κ1) is 15.3. The monoisotopic (exact) mass is 310 g/mol. The smallest absolute Gasteiger partial charge is 0.142 e. The lowest BCUT2D eigenvalue weighted by molar-refractivity contribution is 0.269. The van der Waals surface area contributed by atoms with Gasteiger partial charge in [0.05, 0.1) is 31.6 Å². The number of para-hydroxylation sites is 2. The number of pyridine rings is 1. The van der Waals surface area contributed by atoms with Crippen LogP contribution in [0.4, 0.5) is 5.69 Å². The molecule has 3 rings (SSSR count). The Balaban J connectivity index is 1.65. The molecule has 0 unspecified atom stereocenters. The first-order valence-corrected chi connectivity index (χ1v) is 7.86. The number of benzene rings is 1. The van der Waals surface area contributed by atoms with Crippen molar-refractivity contribution in [1.29, 1.82) is 0 Å². The highest BCUT2D eigenvalue weighted by Crippen LogP contribution is 2.28. The predicted octanol–water partition coefficient (Wildman–Crippen LogP) is 2.64. The van der Waals surface area contributed by atoms with Gasteiger partial charge in [-0.25, -0.2) is 0 Å². The summed E-state index contributed by atoms with van der Waals surface area (Å²) >= 11 is 0. The summed E-state index contributed by atoms with van der Waals surface area (Å²) in [5, 5.41) is 6.86. The Morgan fingerprint density at radius 3 is 2.57 bits per heavy atom. The molecule has 120 valence electrons. The molecule has 0 amide bonds. The van der Waals surface area contributed by atoms with Crippen LogP contribution in [0.2, 0.25) is 0 Å². The van der Waals surface area contributed by atoms with E-state index in [0.29, 0.717) is 0 Å². The molecule has 0 aliphatic carbocycles. The van der Waals surface area contributed by atoms with Gasteiger partial charge in [0.2, 0.25) is 0 Å². The largest absolute Gasteiger partial charge is 0.495 e. The molecule has 1 saturated heterocycles. The predicted molar refractivity (Wildman–Crippen MR) is 93.2 cm³/mol. The van der Waals surface area contributed by atoms with Crippen LogP contribution in [0, 0.1) is 0 Å². The van der Waals surface area contributed by atoms with Crippen LogP contribution in [0.5, 0.6) is 5.75 Å². The standard InChI is InChI=1S/C18H22N4O/c1-15(16-6-5-9-19-14-16)20-22-12-10-21(11-13-22)17-7-3-4-8-18(17)23-2/h3-9,14H,10-13H2,1-2H3. The van der Waals surface area contributed by atoms with E-state index in [-0.39, 0.29) is 0 Å². The summed E-state index contributed by atoms with van der Waals surface area (Å²) in [6.07, 6.45) is 3.63. The Hall–Kier alpha value is -2.56. The van der Waals surface area contributed by atoms with Crippen molar-refractivity contribution in [3.8, 4) is 5.75 Å². The topological polar surface area (TPSA) is 41.0 Å². The summed E-state index contributed by atoms with van der Waals surface area (Å²) < 4.78 is 5.46. The third-order valence-corrected chi connectivity index (χ3v) is 4.05. The molecule has 1 fully saturated rings. The minimum atomic E-state index is 0.898. The van der Waals surface area contributed by atoms with Crippen LogP contribution in [0.1, 0.15) is 12.5 Å². The SMILES string of the molecule is COc1ccccc1N1CCN(N=C(C)c2cccnc2)CC1. The van der Waals surface area contributed by atoms with E-state index in [4.69, 9.17) is 9.84 Å². The van der Waals surface area contributed by atoms with E-state index < -0.39 is 0 Å². The van der Waals surface area contributed by atoms with Crippen LogP contribution >= 0.6 is 0 Å². The minimum absolute atomic E-state index is 0.898. The van der Waals surface area contributed by atoms with E-state index in [1.807, 2.05) is 37.4 Å². The normalized spacial score (nSPS) is 15.7. The van der Waals surface area contributed by atoms with E-state index in [1.165, 1.54) is 0 Å². The summed E-state index contributed by atoms with van der Waals surface area (Å²) in [6.45, 7) is 5.70. The zero-order valence-corrected chi connectivity index (χ0v) is 13.6. The molecular formula is C18H22N4O. The Kier molecular flexibility index (Phi) is 4.76. The summed E-state index contributed by atoms with van der Waals surface area (Å²) in [5.41, 5.74) is 3.23. The van der Waals surface area contributed by atoms with Gasteiger partial charge in [-0.15, -0.1) is 0 Å². The first-order chi connectivity index (χ1) is 11.3. The minimum Gasteiger partial charge on any atom is -0.495 e. The lowest BCUT2D eigenvalue weighted by Crippen LogP contribution is -2.44. The lowest BCUT2D eigenvalue weighted by atomic mass is 10.2. The summed E-state index contributed by atoms with van der Waals surface area (Å²) in [6, 6.07) is 12.1. The summed E-state index contributed by atoms with van der Waals surface area (Å²) in [4.78, 5) is 6.50. The molecule has 1 aliphatic rings. The number of hydrogen-bond donors (Lipinski definition) is 0. The van der Waals surface area contributed by atoms with E-state index in [1.54, 1.807) is 13.3 Å². The molecule has 1 aromatic carbocycles. The van der Waals surface area contributed by atoms with Crippen molar-refractivity contribution >= 4 is 11.4 Å². The lowest BCUT2D eigenvalue weighted by Gasteiger charge is -2.35. The number of piperazine rings is 1. The zero-order valence-electron chi connectivity index (χ0n) is 13.6. The van der Waals surface area contributed by atoms with Gasteiger partial charge < -0.3 is 9.64 Å². The van der Waals surface area contributed by atoms with Gasteiger partial charge in [-0.1, -0.05) is 18.2 Å². The number of rotatable bonds is 4. The fourth-order valence-electron chi connectivity index (χ4n) is 2.77. The van der Waals surface area contributed by atoms with E-state index in [0.717, 1.165) is 48.9 Å². The van der Waals surface area contributed by atoms with Crippen molar-refractivity contribution in [1.82, 2.24) is 9.99 Å². The highest BCUT2D eigenvalue weighted by atomic mass is 16.5. The fraction of sp³-hybridized carbons (Fsp3) is 0.333. The molecule has 1 aliphatic heterocycles. The van der Waals surface area contributed by atoms with Crippen molar-refractivity contribution in [3.63, 3.8) is 0 Å². The number of anilines is 1. The van der Waals surface area contributed by atoms with Crippen molar-refractivity contribution < 1.29 is 4.74 Å². The number of methoxy groups -OCH3 is 1. The van der Waals surface area contributed by atoms with Gasteiger partial charge in [0.1, 0.15) is 5.75 Å². The molecule has 23 heavy (non-hydrogen) atoms. The van der Waals surface area contributed by atoms with Crippen LogP contribution in [0.3, 0.4) is 0 Å². The van der Waals surface area contributed by atoms with Crippen LogP contribution in [-0.2, 0) is 0 Å². The molecule has 1 aromatic heterocycles. The Bertz CT molecular complexity index is 664. The Morgan fingerprint density at radius 1 is 1.09 bits per heavy atom. The molecule has 2 aromatic rings. The average Bonchev–Trinajstić information content (AvgIpc) is 2.63. The second-order valence-electron chi connectivity index (χ2n) is 5.54. The summed E-state index contributed by atoms with van der Waals surface area (Å²) in [7, 11) is 1.72. The number of hydrogen-bond acceptors (Lipinski definition) is 5. The molecule has 2 heterocycles. The van der Waals surface area contributed by atoms with Crippen molar-refractivity contribution in [2.45, 2.75) is 6.92 Å². The fourth-order valence-corrected chi connectivity index (χ4v) is 2.77. The first-order valence-electron chi connectivity index (χ1n) is 7.86. The second kappa shape index (κ2) is 7.13. The zero-order chi connectivity index (χ0) is 16.1. The van der Waals surface area contributed by atoms with Gasteiger partial charge in [0.25, 0.3) is 0 Å². The van der Waals surface area contributed by atoms with Gasteiger partial charge >= 0.3 is 0 Å². The highest BCUT2D eigenvalue weighted by Gasteiger charge is 2.18. The number of nitrogens with zero attached hydrogens (tertiary/aromatic N) is 4. The van der Waals surface area contributed by atoms with E-state index in [9.17, 15) is 0 Å². The molecular weight excluding hydrogens is 288 g/mol. The van der Waals surface area contributed by atoms with Crippen molar-refractivity contribution in [2.24, 2.45) is 5.10 Å². The molecule has 5 nitrogen and oxygen atoms in total. The average molecular weight is 310 g/mol. The van der Waals surface area contributed by atoms with Gasteiger partial charge in [0, 0.05) is 31.0 Å². The third kappa shape index (κ3) is 3.62. The van der Waals surface area contributed by atoms with Crippen LogP contribution < -0.4 is 9.64 Å². The van der Waals surface area contributed by atoms with Crippen molar-refractivity contribution in [3.05, 3.63) is 54.4 Å². The number of aromatic nitrogens is 1. The van der Waals surface area contributed by atoms with Crippen LogP contribution in [0.15, 0.2) is 53.9 Å². The Labute approximate surface area is 137 Å². The van der Waals surface area contributed by atoms with Gasteiger partial charge in [-0.2, -0.15) is 5.10 Å². The third-order valence-electron chi connectivity index (χ3n) is 4.05. The molecule has 0 atom stereocenters. The van der Waals surface area contributed by atoms with E-state index in [2.05, 4.69) is 27.0 Å². The van der Waals surface area contributed by atoms with Crippen LogP contribution in [0.25, 0.3) is 0 Å². The number of hydrazone groups is 1. The van der Waals surface area contributed by atoms with Gasteiger partial charge in [-0.05, 0) is 25.1 Å². The number of ether oxygens (including phenoxy) is 1. The maximum atomic E-state index is 5.46. The molecule has 0 bridgehead atoms. The Morgan fingerprint density at radius 2 is 1.87 bits per heavy atom. The van der Waals surface area contributed by atoms with Crippen molar-refractivity contribution in [2.75, 3.05) is 38.2 Å². The van der Waals surface area contributed by atoms with E-state index >= 15 is 0 Å². The maximum absolute atomic E-state index is 5.46. The highest BCUT2D eigenvalue weighted by molar-refractivity contribution is 5.98. The molecule has 0 saturated carbocycles. The summed E-state index contributed by atoms with van der Waals surface area (Å²) in [5.74, 6) is 0.927. The van der Waals surface area contributed by atoms with Gasteiger partial charge in [-0.3, -0.25) is 9.99 Å². The van der Waals surface area contributed by atoms with Gasteiger partial charge in [0.15, 0.2) is 0 Å². The maximum Gasteiger partial charge on any atom is 0.142 e. The second-order valence-corrected chi connectivity index (χ2v) is 5.54. The molecule has 0 N–H and O–H groups in total. The molecule has 0 spiro atoms. The molecule has 0 radical (unpaired) electrons. The quantitative estimate of drug-likeness (QED) is 0.814.